The van der Waals surface area contributed by atoms with Gasteiger partial charge in [-0.15, -0.1) is 0 Å². The van der Waals surface area contributed by atoms with Crippen LogP contribution in [0.3, 0.4) is 0 Å². The molecule has 2 bridgehead atoms. The lowest BCUT2D eigenvalue weighted by Gasteiger charge is -2.51. The standard InChI is InChI=1S/C49H43N5O2/c1-27-5-16-41(49-42-22-29(50)7-12-36(42)47(37-13-8-30(51)23-43(37)49)38-14-9-31(52)24-44(38)49)48-34(27)11-6-28-21-39(45-25-32(54(2)3)17-18-53-45)35-15-10-33(56-20-4-19-55)26-40(35)46(28)48/h5-18,21-26,47,55H,4,19-20,50-52H2,1-3H3. The summed E-state index contributed by atoms with van der Waals surface area (Å²) in [6.45, 7) is 2.67. The van der Waals surface area contributed by atoms with E-state index in [1.807, 2.05) is 50.6 Å². The molecule has 1 aromatic heterocycles. The zero-order valence-corrected chi connectivity index (χ0v) is 31.7. The summed E-state index contributed by atoms with van der Waals surface area (Å²) in [6.07, 6.45) is 2.42. The summed E-state index contributed by atoms with van der Waals surface area (Å²) in [5.74, 6) is 0.760. The second-order valence-corrected chi connectivity index (χ2v) is 15.6. The molecule has 0 spiro atoms. The van der Waals surface area contributed by atoms with Gasteiger partial charge >= 0.3 is 0 Å². The Morgan fingerprint density at radius 1 is 0.661 bits per heavy atom. The average molecular weight is 734 g/mol. The molecule has 7 nitrogen and oxygen atoms in total. The number of ether oxygens (including phenoxy) is 1. The third-order valence-electron chi connectivity index (χ3n) is 12.2. The molecule has 7 aromatic carbocycles. The molecular weight excluding hydrogens is 691 g/mol. The molecule has 0 saturated heterocycles. The number of nitrogen functional groups attached to an aromatic ring is 3. The highest BCUT2D eigenvalue weighted by molar-refractivity contribution is 6.25. The van der Waals surface area contributed by atoms with Crippen molar-refractivity contribution in [2.24, 2.45) is 0 Å². The number of aliphatic hydroxyl groups excluding tert-OH is 1. The van der Waals surface area contributed by atoms with E-state index in [1.54, 1.807) is 0 Å². The van der Waals surface area contributed by atoms with Gasteiger partial charge in [-0.25, -0.2) is 0 Å². The fourth-order valence-corrected chi connectivity index (χ4v) is 9.76. The Labute approximate surface area is 326 Å². The number of aliphatic hydroxyl groups is 1. The van der Waals surface area contributed by atoms with Crippen molar-refractivity contribution in [1.82, 2.24) is 4.98 Å². The molecule has 56 heavy (non-hydrogen) atoms. The van der Waals surface area contributed by atoms with E-state index in [4.69, 9.17) is 26.9 Å². The van der Waals surface area contributed by atoms with Gasteiger partial charge < -0.3 is 31.9 Å². The molecule has 3 aliphatic rings. The third kappa shape index (κ3) is 4.77. The van der Waals surface area contributed by atoms with Crippen molar-refractivity contribution in [3.63, 3.8) is 0 Å². The van der Waals surface area contributed by atoms with Gasteiger partial charge in [0.2, 0.25) is 0 Å². The molecule has 7 heteroatoms. The number of aromatic nitrogens is 1. The largest absolute Gasteiger partial charge is 0.493 e. The molecule has 0 fully saturated rings. The van der Waals surface area contributed by atoms with E-state index in [-0.39, 0.29) is 12.5 Å². The first-order chi connectivity index (χ1) is 27.2. The Morgan fingerprint density at radius 3 is 1.93 bits per heavy atom. The molecule has 0 saturated carbocycles. The molecule has 276 valence electrons. The number of aryl methyl sites for hydroxylation is 1. The molecule has 0 atom stereocenters. The quantitative estimate of drug-likeness (QED) is 0.0732. The van der Waals surface area contributed by atoms with Crippen molar-refractivity contribution in [3.05, 3.63) is 166 Å². The lowest BCUT2D eigenvalue weighted by atomic mass is 9.50. The normalized spacial score (nSPS) is 16.5. The summed E-state index contributed by atoms with van der Waals surface area (Å²) in [5.41, 5.74) is 34.0. The van der Waals surface area contributed by atoms with Crippen molar-refractivity contribution >= 4 is 55.1 Å². The van der Waals surface area contributed by atoms with E-state index in [2.05, 4.69) is 96.8 Å². The predicted molar refractivity (Wildman–Crippen MR) is 231 cm³/mol. The molecule has 11 rings (SSSR count). The minimum Gasteiger partial charge on any atom is -0.493 e. The van der Waals surface area contributed by atoms with Crippen LogP contribution in [0.2, 0.25) is 0 Å². The SMILES string of the molecule is Cc1ccc(C23c4cc(N)ccc4C(c4ccc(N)cc42)c2ccc(N)cc23)c2c1ccc1cc(-c3cc(N(C)C)ccn3)c3ccc(OCCCO)cc3c12. The highest BCUT2D eigenvalue weighted by Crippen LogP contribution is 2.64. The zero-order valence-electron chi connectivity index (χ0n) is 31.7. The number of hydrogen-bond donors (Lipinski definition) is 4. The maximum Gasteiger partial charge on any atom is 0.119 e. The first-order valence-corrected chi connectivity index (χ1v) is 19.2. The van der Waals surface area contributed by atoms with Gasteiger partial charge in [0, 0.05) is 67.6 Å². The van der Waals surface area contributed by atoms with E-state index in [9.17, 15) is 5.11 Å². The summed E-state index contributed by atoms with van der Waals surface area (Å²) in [4.78, 5) is 7.01. The van der Waals surface area contributed by atoms with Crippen molar-refractivity contribution in [2.45, 2.75) is 24.7 Å². The lowest BCUT2D eigenvalue weighted by Crippen LogP contribution is -2.43. The number of fused-ring (bicyclic) bond motifs is 5. The number of benzene rings is 7. The molecular formula is C49H43N5O2. The first-order valence-electron chi connectivity index (χ1n) is 19.2. The van der Waals surface area contributed by atoms with Crippen LogP contribution >= 0.6 is 0 Å². The van der Waals surface area contributed by atoms with Crippen LogP contribution in [0.4, 0.5) is 22.7 Å². The van der Waals surface area contributed by atoms with Crippen molar-refractivity contribution in [3.8, 4) is 17.0 Å². The molecule has 0 unspecified atom stereocenters. The van der Waals surface area contributed by atoms with Gasteiger partial charge in [-0.2, -0.15) is 0 Å². The number of hydrogen-bond acceptors (Lipinski definition) is 7. The summed E-state index contributed by atoms with van der Waals surface area (Å²) >= 11 is 0. The third-order valence-corrected chi connectivity index (χ3v) is 12.2. The molecule has 3 aliphatic carbocycles. The Hall–Kier alpha value is -6.57. The van der Waals surface area contributed by atoms with Gasteiger partial charge in [0.1, 0.15) is 5.75 Å². The molecule has 0 radical (unpaired) electrons. The number of nitrogens with zero attached hydrogens (tertiary/aromatic N) is 2. The summed E-state index contributed by atoms with van der Waals surface area (Å²) in [5, 5.41) is 16.2. The highest BCUT2D eigenvalue weighted by Gasteiger charge is 2.53. The van der Waals surface area contributed by atoms with E-state index < -0.39 is 5.41 Å². The van der Waals surface area contributed by atoms with Crippen LogP contribution in [-0.4, -0.2) is 37.4 Å². The van der Waals surface area contributed by atoms with Gasteiger partial charge in [0.25, 0.3) is 0 Å². The smallest absolute Gasteiger partial charge is 0.119 e. The highest BCUT2D eigenvalue weighted by atomic mass is 16.5. The number of nitrogens with two attached hydrogens (primary N) is 3. The topological polar surface area (TPSA) is 124 Å². The number of anilines is 4. The first kappa shape index (κ1) is 34.0. The minimum atomic E-state index is -0.795. The molecule has 8 aromatic rings. The lowest BCUT2D eigenvalue weighted by molar-refractivity contribution is 0.234. The van der Waals surface area contributed by atoms with Crippen molar-refractivity contribution in [1.29, 1.82) is 0 Å². The second kappa shape index (κ2) is 12.5. The monoisotopic (exact) mass is 733 g/mol. The summed E-state index contributed by atoms with van der Waals surface area (Å²) in [7, 11) is 4.09. The summed E-state index contributed by atoms with van der Waals surface area (Å²) in [6, 6.07) is 41.1. The fraction of sp³-hybridized carbons (Fsp3) is 0.163. The minimum absolute atomic E-state index is 0.0135. The Morgan fingerprint density at radius 2 is 1.30 bits per heavy atom. The predicted octanol–water partition coefficient (Wildman–Crippen LogP) is 9.28. The van der Waals surface area contributed by atoms with Crippen LogP contribution in [0.25, 0.3) is 43.6 Å². The van der Waals surface area contributed by atoms with E-state index in [1.165, 1.54) is 22.3 Å². The van der Waals surface area contributed by atoms with Crippen LogP contribution in [0.15, 0.2) is 121 Å². The van der Waals surface area contributed by atoms with E-state index >= 15 is 0 Å². The number of rotatable bonds is 7. The van der Waals surface area contributed by atoms with Gasteiger partial charge in [0.05, 0.1) is 17.7 Å². The molecule has 1 heterocycles. The van der Waals surface area contributed by atoms with Gasteiger partial charge in [-0.3, -0.25) is 4.98 Å². The maximum absolute atomic E-state index is 9.58. The van der Waals surface area contributed by atoms with Crippen molar-refractivity contribution in [2.75, 3.05) is 49.4 Å². The number of pyridine rings is 1. The van der Waals surface area contributed by atoms with Crippen LogP contribution in [0, 0.1) is 6.92 Å². The average Bonchev–Trinajstić information content (AvgIpc) is 3.20. The Kier molecular flexibility index (Phi) is 7.57. The molecule has 0 amide bonds. The van der Waals surface area contributed by atoms with Crippen LogP contribution < -0.4 is 26.8 Å². The van der Waals surface area contributed by atoms with Crippen LogP contribution in [0.1, 0.15) is 56.8 Å². The van der Waals surface area contributed by atoms with E-state index in [0.29, 0.717) is 30.1 Å². The van der Waals surface area contributed by atoms with Crippen molar-refractivity contribution < 1.29 is 9.84 Å². The Bertz CT molecular complexity index is 2800. The van der Waals surface area contributed by atoms with Gasteiger partial charge in [0.15, 0.2) is 0 Å². The maximum atomic E-state index is 9.58. The van der Waals surface area contributed by atoms with Crippen LogP contribution in [-0.2, 0) is 5.41 Å². The van der Waals surface area contributed by atoms with E-state index in [0.717, 1.165) is 77.3 Å². The van der Waals surface area contributed by atoms with Gasteiger partial charge in [-0.05, 0) is 157 Å². The molecule has 0 aliphatic heterocycles. The van der Waals surface area contributed by atoms with Gasteiger partial charge in [-0.1, -0.05) is 42.5 Å². The van der Waals surface area contributed by atoms with Crippen LogP contribution in [0.5, 0.6) is 5.75 Å². The summed E-state index contributed by atoms with van der Waals surface area (Å²) < 4.78 is 6.28. The fourth-order valence-electron chi connectivity index (χ4n) is 9.76. The second-order valence-electron chi connectivity index (χ2n) is 15.6. The Balaban J connectivity index is 1.40. The zero-order chi connectivity index (χ0) is 38.5. The molecule has 7 N–H and O–H groups in total.